The normalized spacial score (nSPS) is 16.1. The van der Waals surface area contributed by atoms with E-state index >= 15 is 0 Å². The summed E-state index contributed by atoms with van der Waals surface area (Å²) < 4.78 is 11.4. The Hall–Kier alpha value is -1.79. The molecule has 6 nitrogen and oxygen atoms in total. The molecule has 0 aliphatic heterocycles. The van der Waals surface area contributed by atoms with Gasteiger partial charge >= 0.3 is 0 Å². The van der Waals surface area contributed by atoms with Gasteiger partial charge in [0.15, 0.2) is 17.6 Å². The Balaban J connectivity index is 1.92. The molecule has 1 aliphatic carbocycles. The van der Waals surface area contributed by atoms with Crippen LogP contribution in [0.3, 0.4) is 0 Å². The van der Waals surface area contributed by atoms with Gasteiger partial charge in [-0.3, -0.25) is 4.79 Å². The van der Waals surface area contributed by atoms with Crippen molar-refractivity contribution in [2.75, 3.05) is 20.3 Å². The molecule has 1 aromatic carbocycles. The second-order valence-electron chi connectivity index (χ2n) is 5.75. The number of nitrogens with one attached hydrogen (secondary N) is 1. The maximum absolute atomic E-state index is 11.4. The summed E-state index contributed by atoms with van der Waals surface area (Å²) >= 11 is 0. The fraction of sp³-hybridized carbons (Fsp3) is 0.588. The number of rotatable bonds is 8. The lowest BCUT2D eigenvalue weighted by Crippen LogP contribution is -2.37. The van der Waals surface area contributed by atoms with E-state index in [1.165, 1.54) is 12.8 Å². The molecule has 0 radical (unpaired) electrons. The van der Waals surface area contributed by atoms with Gasteiger partial charge in [-0.25, -0.2) is 0 Å². The predicted molar refractivity (Wildman–Crippen MR) is 85.7 cm³/mol. The zero-order chi connectivity index (χ0) is 16.7. The molecule has 0 unspecified atom stereocenters. The van der Waals surface area contributed by atoms with Gasteiger partial charge in [-0.15, -0.1) is 0 Å². The number of carbonyl (C=O) groups is 1. The minimum absolute atomic E-state index is 0.249. The Morgan fingerprint density at radius 3 is 2.74 bits per heavy atom. The molecule has 1 atom stereocenters. The van der Waals surface area contributed by atoms with E-state index in [1.807, 2.05) is 18.2 Å². The van der Waals surface area contributed by atoms with Crippen molar-refractivity contribution in [2.45, 2.75) is 44.3 Å². The largest absolute Gasteiger partial charge is 0.493 e. The van der Waals surface area contributed by atoms with E-state index in [4.69, 9.17) is 14.6 Å². The molecule has 23 heavy (non-hydrogen) atoms. The second kappa shape index (κ2) is 8.74. The summed E-state index contributed by atoms with van der Waals surface area (Å²) in [7, 11) is 1.62. The van der Waals surface area contributed by atoms with Crippen LogP contribution in [0.2, 0.25) is 0 Å². The first kappa shape index (κ1) is 17.6. The molecule has 0 aromatic heterocycles. The molecule has 1 amide bonds. The number of hydrogen-bond acceptors (Lipinski definition) is 5. The van der Waals surface area contributed by atoms with Gasteiger partial charge in [-0.2, -0.15) is 0 Å². The summed E-state index contributed by atoms with van der Waals surface area (Å²) in [4.78, 5) is 11.4. The molecule has 0 spiro atoms. The smallest absolute Gasteiger partial charge is 0.251 e. The first-order valence-electron chi connectivity index (χ1n) is 8.04. The van der Waals surface area contributed by atoms with E-state index in [2.05, 4.69) is 5.32 Å². The summed E-state index contributed by atoms with van der Waals surface area (Å²) in [6.07, 6.45) is 4.03. The van der Waals surface area contributed by atoms with Crippen molar-refractivity contribution < 1.29 is 24.5 Å². The van der Waals surface area contributed by atoms with Crippen molar-refractivity contribution in [3.8, 4) is 11.5 Å². The molecule has 1 fully saturated rings. The van der Waals surface area contributed by atoms with E-state index in [0.717, 1.165) is 24.2 Å². The highest BCUT2D eigenvalue weighted by Crippen LogP contribution is 2.32. The average molecular weight is 323 g/mol. The third kappa shape index (κ3) is 5.11. The van der Waals surface area contributed by atoms with Gasteiger partial charge in [0, 0.05) is 6.54 Å². The van der Waals surface area contributed by atoms with Crippen LogP contribution < -0.4 is 14.8 Å². The minimum Gasteiger partial charge on any atom is -0.493 e. The molecule has 1 aliphatic rings. The first-order valence-corrected chi connectivity index (χ1v) is 8.04. The highest BCUT2D eigenvalue weighted by molar-refractivity contribution is 5.80. The Bertz CT molecular complexity index is 514. The van der Waals surface area contributed by atoms with Crippen molar-refractivity contribution in [3.05, 3.63) is 23.8 Å². The highest BCUT2D eigenvalue weighted by atomic mass is 16.5. The van der Waals surface area contributed by atoms with Crippen LogP contribution in [-0.2, 0) is 11.2 Å². The number of carbonyl (C=O) groups excluding carboxylic acids is 1. The number of amides is 1. The van der Waals surface area contributed by atoms with Crippen LogP contribution in [0.25, 0.3) is 0 Å². The molecule has 1 aromatic rings. The molecular formula is C17H25NO5. The van der Waals surface area contributed by atoms with Crippen molar-refractivity contribution >= 4 is 5.91 Å². The standard InChI is InChI=1S/C17H25NO5/c1-22-15-7-6-12(8-9-18-17(21)14(20)11-19)10-16(15)23-13-4-2-3-5-13/h6-7,10,13-14,19-20H,2-5,8-9,11H2,1H3,(H,18,21)/t14-/m0/s1. The van der Waals surface area contributed by atoms with Gasteiger partial charge in [-0.1, -0.05) is 6.07 Å². The fourth-order valence-corrected chi connectivity index (χ4v) is 2.69. The van der Waals surface area contributed by atoms with E-state index in [0.29, 0.717) is 18.7 Å². The maximum atomic E-state index is 11.4. The van der Waals surface area contributed by atoms with E-state index in [9.17, 15) is 9.90 Å². The van der Waals surface area contributed by atoms with Gasteiger partial charge in [0.05, 0.1) is 19.8 Å². The second-order valence-corrected chi connectivity index (χ2v) is 5.75. The Labute approximate surface area is 136 Å². The number of ether oxygens (including phenoxy) is 2. The SMILES string of the molecule is COc1ccc(CCNC(=O)[C@@H](O)CO)cc1OC1CCCC1. The van der Waals surface area contributed by atoms with Crippen molar-refractivity contribution in [3.63, 3.8) is 0 Å². The third-order valence-corrected chi connectivity index (χ3v) is 4.01. The Morgan fingerprint density at radius 1 is 1.35 bits per heavy atom. The summed E-state index contributed by atoms with van der Waals surface area (Å²) in [6, 6.07) is 5.73. The molecule has 0 bridgehead atoms. The van der Waals surface area contributed by atoms with Gasteiger partial charge in [0.2, 0.25) is 0 Å². The Morgan fingerprint density at radius 2 is 2.09 bits per heavy atom. The lowest BCUT2D eigenvalue weighted by molar-refractivity contribution is -0.131. The summed E-state index contributed by atoms with van der Waals surface area (Å²) in [5, 5.41) is 20.5. The quantitative estimate of drug-likeness (QED) is 0.665. The maximum Gasteiger partial charge on any atom is 0.251 e. The van der Waals surface area contributed by atoms with Crippen LogP contribution in [0.15, 0.2) is 18.2 Å². The van der Waals surface area contributed by atoms with Crippen LogP contribution in [0.4, 0.5) is 0 Å². The van der Waals surface area contributed by atoms with Crippen molar-refractivity contribution in [1.82, 2.24) is 5.32 Å². The molecule has 128 valence electrons. The molecule has 0 heterocycles. The molecular weight excluding hydrogens is 298 g/mol. The summed E-state index contributed by atoms with van der Waals surface area (Å²) in [5.74, 6) is 0.877. The van der Waals surface area contributed by atoms with Crippen molar-refractivity contribution in [2.24, 2.45) is 0 Å². The van der Waals surface area contributed by atoms with Gasteiger partial charge in [0.25, 0.3) is 5.91 Å². The van der Waals surface area contributed by atoms with Crippen LogP contribution in [0.5, 0.6) is 11.5 Å². The van der Waals surface area contributed by atoms with Gasteiger partial charge in [-0.05, 0) is 49.8 Å². The lowest BCUT2D eigenvalue weighted by atomic mass is 10.1. The average Bonchev–Trinajstić information content (AvgIpc) is 3.07. The number of methoxy groups -OCH3 is 1. The first-order chi connectivity index (χ1) is 11.1. The number of aliphatic hydroxyl groups is 2. The zero-order valence-corrected chi connectivity index (χ0v) is 13.5. The number of benzene rings is 1. The predicted octanol–water partition coefficient (Wildman–Crippen LogP) is 1.03. The lowest BCUT2D eigenvalue weighted by Gasteiger charge is -2.17. The van der Waals surface area contributed by atoms with E-state index in [1.54, 1.807) is 7.11 Å². The van der Waals surface area contributed by atoms with E-state index in [-0.39, 0.29) is 6.10 Å². The van der Waals surface area contributed by atoms with Gasteiger partial charge in [0.1, 0.15) is 0 Å². The minimum atomic E-state index is -1.37. The topological polar surface area (TPSA) is 88.0 Å². The summed E-state index contributed by atoms with van der Waals surface area (Å²) in [5.41, 5.74) is 1.01. The monoisotopic (exact) mass is 323 g/mol. The van der Waals surface area contributed by atoms with Gasteiger partial charge < -0.3 is 25.0 Å². The molecule has 3 N–H and O–H groups in total. The van der Waals surface area contributed by atoms with Crippen molar-refractivity contribution in [1.29, 1.82) is 0 Å². The third-order valence-electron chi connectivity index (χ3n) is 4.01. The highest BCUT2D eigenvalue weighted by Gasteiger charge is 2.18. The molecule has 6 heteroatoms. The van der Waals surface area contributed by atoms with E-state index < -0.39 is 18.6 Å². The number of hydrogen-bond donors (Lipinski definition) is 3. The zero-order valence-electron chi connectivity index (χ0n) is 13.5. The van der Waals surface area contributed by atoms with Crippen LogP contribution in [0, 0.1) is 0 Å². The Kier molecular flexibility index (Phi) is 6.67. The van der Waals surface area contributed by atoms with Crippen LogP contribution >= 0.6 is 0 Å². The molecule has 2 rings (SSSR count). The summed E-state index contributed by atoms with van der Waals surface area (Å²) in [6.45, 7) is -0.196. The number of aliphatic hydroxyl groups excluding tert-OH is 2. The van der Waals surface area contributed by atoms with Crippen LogP contribution in [0.1, 0.15) is 31.2 Å². The molecule has 1 saturated carbocycles. The molecule has 0 saturated heterocycles. The van der Waals surface area contributed by atoms with Crippen LogP contribution in [-0.4, -0.2) is 48.6 Å². The fourth-order valence-electron chi connectivity index (χ4n) is 2.69.